The topological polar surface area (TPSA) is 55.4 Å². The number of benzene rings is 2. The second-order valence-corrected chi connectivity index (χ2v) is 5.78. The summed E-state index contributed by atoms with van der Waals surface area (Å²) in [6.07, 6.45) is 1.57. The number of nitrogens with one attached hydrogen (secondary N) is 1. The number of alkyl carbamates (subject to hydrolysis) is 1. The fraction of sp³-hybridized carbons (Fsp3) is 0.222. The number of rotatable bonds is 6. The molecule has 0 unspecified atom stereocenters. The van der Waals surface area contributed by atoms with Gasteiger partial charge in [-0.2, -0.15) is 0 Å². The Bertz CT molecular complexity index is 631. The highest BCUT2D eigenvalue weighted by molar-refractivity contribution is 8.13. The minimum absolute atomic E-state index is 0.0921. The van der Waals surface area contributed by atoms with Crippen LogP contribution in [0, 0.1) is 0 Å². The molecule has 0 bridgehead atoms. The molecule has 0 aliphatic carbocycles. The van der Waals surface area contributed by atoms with Crippen LogP contribution in [0.5, 0.6) is 0 Å². The van der Waals surface area contributed by atoms with Gasteiger partial charge in [-0.05, 0) is 17.4 Å². The molecule has 0 aromatic heterocycles. The van der Waals surface area contributed by atoms with Gasteiger partial charge in [0.2, 0.25) is 5.12 Å². The predicted octanol–water partition coefficient (Wildman–Crippen LogP) is 3.41. The van der Waals surface area contributed by atoms with Gasteiger partial charge in [0.15, 0.2) is 0 Å². The highest BCUT2D eigenvalue weighted by atomic mass is 32.2. The van der Waals surface area contributed by atoms with Crippen LogP contribution in [0.25, 0.3) is 0 Å². The Kier molecular flexibility index (Phi) is 6.69. The number of thioether (sulfide) groups is 1. The maximum Gasteiger partial charge on any atom is 0.408 e. The summed E-state index contributed by atoms with van der Waals surface area (Å²) >= 11 is 1.10. The third-order valence-corrected chi connectivity index (χ3v) is 3.96. The van der Waals surface area contributed by atoms with Gasteiger partial charge in [-0.3, -0.25) is 4.79 Å². The van der Waals surface area contributed by atoms with E-state index in [4.69, 9.17) is 4.74 Å². The van der Waals surface area contributed by atoms with Crippen LogP contribution in [0.1, 0.15) is 11.1 Å². The normalized spacial score (nSPS) is 11.5. The van der Waals surface area contributed by atoms with Crippen molar-refractivity contribution in [3.8, 4) is 0 Å². The zero-order valence-corrected chi connectivity index (χ0v) is 13.7. The van der Waals surface area contributed by atoms with Crippen LogP contribution < -0.4 is 5.32 Å². The van der Waals surface area contributed by atoms with Crippen LogP contribution in [0.2, 0.25) is 0 Å². The van der Waals surface area contributed by atoms with Crippen LogP contribution in [0.4, 0.5) is 4.79 Å². The summed E-state index contributed by atoms with van der Waals surface area (Å²) in [5, 5.41) is 2.56. The molecule has 2 aromatic carbocycles. The van der Waals surface area contributed by atoms with Gasteiger partial charge >= 0.3 is 6.09 Å². The predicted molar refractivity (Wildman–Crippen MR) is 92.2 cm³/mol. The van der Waals surface area contributed by atoms with Gasteiger partial charge in [-0.15, -0.1) is 0 Å². The maximum atomic E-state index is 12.0. The van der Waals surface area contributed by atoms with Gasteiger partial charge < -0.3 is 10.1 Å². The summed E-state index contributed by atoms with van der Waals surface area (Å²) in [4.78, 5) is 24.0. The van der Waals surface area contributed by atoms with Crippen molar-refractivity contribution in [2.75, 3.05) is 6.26 Å². The van der Waals surface area contributed by atoms with E-state index in [1.54, 1.807) is 6.26 Å². The summed E-state index contributed by atoms with van der Waals surface area (Å²) in [5.74, 6) is 0. The molecule has 4 nitrogen and oxygen atoms in total. The minimum atomic E-state index is -0.601. The van der Waals surface area contributed by atoms with E-state index in [0.717, 1.165) is 22.9 Å². The first-order valence-electron chi connectivity index (χ1n) is 7.28. The van der Waals surface area contributed by atoms with Gasteiger partial charge in [0, 0.05) is 6.42 Å². The summed E-state index contributed by atoms with van der Waals surface area (Å²) in [5.41, 5.74) is 1.89. The first-order valence-corrected chi connectivity index (χ1v) is 8.50. The van der Waals surface area contributed by atoms with Crippen molar-refractivity contribution in [2.45, 2.75) is 19.1 Å². The van der Waals surface area contributed by atoms with Crippen molar-refractivity contribution in [3.05, 3.63) is 71.8 Å². The monoisotopic (exact) mass is 329 g/mol. The lowest BCUT2D eigenvalue weighted by Crippen LogP contribution is -2.41. The molecule has 1 N–H and O–H groups in total. The van der Waals surface area contributed by atoms with E-state index in [2.05, 4.69) is 5.32 Å². The molecule has 0 spiro atoms. The highest BCUT2D eigenvalue weighted by Crippen LogP contribution is 2.09. The van der Waals surface area contributed by atoms with Crippen molar-refractivity contribution >= 4 is 23.0 Å². The molecule has 5 heteroatoms. The molecule has 0 heterocycles. The smallest absolute Gasteiger partial charge is 0.408 e. The lowest BCUT2D eigenvalue weighted by atomic mass is 10.1. The Morgan fingerprint density at radius 3 is 2.13 bits per heavy atom. The van der Waals surface area contributed by atoms with E-state index in [-0.39, 0.29) is 11.7 Å². The zero-order chi connectivity index (χ0) is 16.5. The molecule has 0 aliphatic rings. The fourth-order valence-electron chi connectivity index (χ4n) is 2.09. The van der Waals surface area contributed by atoms with E-state index in [1.807, 2.05) is 60.7 Å². The van der Waals surface area contributed by atoms with Crippen molar-refractivity contribution in [1.29, 1.82) is 0 Å². The van der Waals surface area contributed by atoms with Crippen molar-refractivity contribution < 1.29 is 14.3 Å². The number of hydrogen-bond donors (Lipinski definition) is 1. The van der Waals surface area contributed by atoms with E-state index in [1.165, 1.54) is 0 Å². The third-order valence-electron chi connectivity index (χ3n) is 3.27. The first kappa shape index (κ1) is 17.1. The second kappa shape index (κ2) is 9.00. The molecular weight excluding hydrogens is 310 g/mol. The number of hydrogen-bond acceptors (Lipinski definition) is 4. The number of ether oxygens (including phenoxy) is 1. The molecule has 2 rings (SSSR count). The first-order chi connectivity index (χ1) is 11.2. The Labute approximate surface area is 140 Å². The molecule has 120 valence electrons. The zero-order valence-electron chi connectivity index (χ0n) is 12.9. The second-order valence-electron chi connectivity index (χ2n) is 4.97. The largest absolute Gasteiger partial charge is 0.445 e. The summed E-state index contributed by atoms with van der Waals surface area (Å²) in [6, 6.07) is 18.4. The summed E-state index contributed by atoms with van der Waals surface area (Å²) < 4.78 is 5.18. The van der Waals surface area contributed by atoms with Crippen LogP contribution in [-0.2, 0) is 22.6 Å². The Morgan fingerprint density at radius 1 is 1.00 bits per heavy atom. The molecule has 0 fully saturated rings. The quantitative estimate of drug-likeness (QED) is 0.882. The van der Waals surface area contributed by atoms with Crippen LogP contribution in [0.15, 0.2) is 60.7 Å². The standard InChI is InChI=1S/C18H19NO3S/c1-23-17(20)16(12-14-8-4-2-5-9-14)19-18(21)22-13-15-10-6-3-7-11-15/h2-11,16H,12-13H2,1H3,(H,19,21)/t16-/m0/s1. The van der Waals surface area contributed by atoms with Gasteiger partial charge in [0.05, 0.1) is 0 Å². The Hall–Kier alpha value is -2.27. The van der Waals surface area contributed by atoms with Crippen molar-refractivity contribution in [1.82, 2.24) is 5.32 Å². The summed E-state index contributed by atoms with van der Waals surface area (Å²) in [6.45, 7) is 0.179. The molecule has 2 aromatic rings. The molecular formula is C18H19NO3S. The van der Waals surface area contributed by atoms with Gasteiger partial charge in [-0.25, -0.2) is 4.79 Å². The molecule has 1 atom stereocenters. The molecule has 23 heavy (non-hydrogen) atoms. The molecule has 1 amide bonds. The van der Waals surface area contributed by atoms with E-state index < -0.39 is 12.1 Å². The van der Waals surface area contributed by atoms with E-state index >= 15 is 0 Å². The SMILES string of the molecule is CSC(=O)[C@H](Cc1ccccc1)NC(=O)OCc1ccccc1. The van der Waals surface area contributed by atoms with Gasteiger partial charge in [0.1, 0.15) is 12.6 Å². The van der Waals surface area contributed by atoms with Gasteiger partial charge in [0.25, 0.3) is 0 Å². The molecule has 0 radical (unpaired) electrons. The number of amides is 1. The Morgan fingerprint density at radius 2 is 1.57 bits per heavy atom. The lowest BCUT2D eigenvalue weighted by molar-refractivity contribution is -0.112. The molecule has 0 aliphatic heterocycles. The van der Waals surface area contributed by atoms with E-state index in [9.17, 15) is 9.59 Å². The number of carbonyl (C=O) groups excluding carboxylic acids is 2. The maximum absolute atomic E-state index is 12.0. The molecule has 0 saturated carbocycles. The highest BCUT2D eigenvalue weighted by Gasteiger charge is 2.21. The Balaban J connectivity index is 1.91. The number of carbonyl (C=O) groups is 2. The molecule has 0 saturated heterocycles. The van der Waals surface area contributed by atoms with Crippen molar-refractivity contribution in [3.63, 3.8) is 0 Å². The van der Waals surface area contributed by atoms with Crippen LogP contribution in [0.3, 0.4) is 0 Å². The third kappa shape index (κ3) is 5.79. The fourth-order valence-corrected chi connectivity index (χ4v) is 2.52. The average molecular weight is 329 g/mol. The van der Waals surface area contributed by atoms with Crippen molar-refractivity contribution in [2.24, 2.45) is 0 Å². The lowest BCUT2D eigenvalue weighted by Gasteiger charge is -2.16. The van der Waals surface area contributed by atoms with E-state index in [0.29, 0.717) is 6.42 Å². The summed E-state index contributed by atoms with van der Waals surface area (Å²) in [7, 11) is 0. The minimum Gasteiger partial charge on any atom is -0.445 e. The van der Waals surface area contributed by atoms with Crippen LogP contribution in [-0.4, -0.2) is 23.5 Å². The van der Waals surface area contributed by atoms with Crippen LogP contribution >= 0.6 is 11.8 Å². The average Bonchev–Trinajstić information content (AvgIpc) is 2.60. The van der Waals surface area contributed by atoms with Gasteiger partial charge in [-0.1, -0.05) is 72.4 Å².